The highest BCUT2D eigenvalue weighted by atomic mass is 35.5. The summed E-state index contributed by atoms with van der Waals surface area (Å²) in [4.78, 5) is 17.0. The van der Waals surface area contributed by atoms with Gasteiger partial charge >= 0.3 is 0 Å². The van der Waals surface area contributed by atoms with E-state index in [-0.39, 0.29) is 18.6 Å². The predicted octanol–water partition coefficient (Wildman–Crippen LogP) is 5.89. The summed E-state index contributed by atoms with van der Waals surface area (Å²) in [6, 6.07) is 15.2. The first-order chi connectivity index (χ1) is 13.5. The van der Waals surface area contributed by atoms with Crippen LogP contribution < -0.4 is 10.1 Å². The number of nitrogens with one attached hydrogen (secondary N) is 1. The van der Waals surface area contributed by atoms with Gasteiger partial charge in [0, 0.05) is 11.1 Å². The molecule has 2 aromatic carbocycles. The Balaban J connectivity index is 1.76. The number of nitrogens with zero attached hydrogens (tertiary/aromatic N) is 1. The van der Waals surface area contributed by atoms with E-state index in [4.69, 9.17) is 27.9 Å². The van der Waals surface area contributed by atoms with E-state index in [1.165, 1.54) is 0 Å². The van der Waals surface area contributed by atoms with Gasteiger partial charge < -0.3 is 10.1 Å². The number of hydrogen-bond acceptors (Lipinski definition) is 3. The smallest absolute Gasteiger partial charge is 0.258 e. The van der Waals surface area contributed by atoms with Crippen molar-refractivity contribution in [2.75, 3.05) is 6.61 Å². The van der Waals surface area contributed by atoms with Crippen LogP contribution in [0, 0.1) is 6.92 Å². The summed E-state index contributed by atoms with van der Waals surface area (Å²) in [5.74, 6) is 0.154. The third-order valence-corrected chi connectivity index (χ3v) is 5.03. The average molecular weight is 417 g/mol. The van der Waals surface area contributed by atoms with Crippen molar-refractivity contribution >= 4 is 40.0 Å². The molecule has 0 saturated heterocycles. The van der Waals surface area contributed by atoms with Crippen molar-refractivity contribution in [2.45, 2.75) is 32.7 Å². The number of carbonyl (C=O) groups excluding carboxylic acids is 1. The van der Waals surface area contributed by atoms with Crippen LogP contribution in [0.2, 0.25) is 10.0 Å². The Labute approximate surface area is 174 Å². The van der Waals surface area contributed by atoms with Crippen molar-refractivity contribution in [3.8, 4) is 5.75 Å². The zero-order valence-electron chi connectivity index (χ0n) is 15.8. The van der Waals surface area contributed by atoms with Gasteiger partial charge in [-0.15, -0.1) is 0 Å². The molecule has 1 atom stereocenters. The number of rotatable bonds is 7. The molecule has 4 nitrogen and oxygen atoms in total. The SMILES string of the molecule is CCC[C@H](NC(=O)COc1c(Cl)cc(Cl)c2ccc(C)nc12)c1ccccc1. The monoisotopic (exact) mass is 416 g/mol. The molecular weight excluding hydrogens is 395 g/mol. The van der Waals surface area contributed by atoms with Crippen LogP contribution in [0.4, 0.5) is 0 Å². The van der Waals surface area contributed by atoms with Crippen molar-refractivity contribution in [3.05, 3.63) is 69.8 Å². The summed E-state index contributed by atoms with van der Waals surface area (Å²) in [7, 11) is 0. The molecule has 0 unspecified atom stereocenters. The lowest BCUT2D eigenvalue weighted by Gasteiger charge is -2.19. The Bertz CT molecular complexity index is 977. The molecule has 1 aromatic heterocycles. The molecule has 0 spiro atoms. The fraction of sp³-hybridized carbons (Fsp3) is 0.273. The summed E-state index contributed by atoms with van der Waals surface area (Å²) in [6.07, 6.45) is 1.80. The second-order valence-corrected chi connectivity index (χ2v) is 7.44. The van der Waals surface area contributed by atoms with E-state index in [9.17, 15) is 4.79 Å². The van der Waals surface area contributed by atoms with Crippen LogP contribution in [0.15, 0.2) is 48.5 Å². The Hall–Kier alpha value is -2.30. The summed E-state index contributed by atoms with van der Waals surface area (Å²) >= 11 is 12.6. The Morgan fingerprint density at radius 3 is 2.61 bits per heavy atom. The van der Waals surface area contributed by atoms with Crippen LogP contribution in [-0.2, 0) is 4.79 Å². The van der Waals surface area contributed by atoms with E-state index in [1.807, 2.05) is 49.4 Å². The number of benzene rings is 2. The second kappa shape index (κ2) is 9.26. The Morgan fingerprint density at radius 2 is 1.89 bits per heavy atom. The fourth-order valence-corrected chi connectivity index (χ4v) is 3.67. The van der Waals surface area contributed by atoms with Gasteiger partial charge in [-0.25, -0.2) is 4.98 Å². The number of hydrogen-bond donors (Lipinski definition) is 1. The molecule has 0 aliphatic heterocycles. The highest BCUT2D eigenvalue weighted by molar-refractivity contribution is 6.39. The minimum absolute atomic E-state index is 0.0555. The second-order valence-electron chi connectivity index (χ2n) is 6.63. The third kappa shape index (κ3) is 4.75. The molecule has 0 bridgehead atoms. The van der Waals surface area contributed by atoms with Gasteiger partial charge in [-0.1, -0.05) is 66.9 Å². The van der Waals surface area contributed by atoms with Crippen molar-refractivity contribution in [2.24, 2.45) is 0 Å². The number of pyridine rings is 1. The number of aryl methyl sites for hydroxylation is 1. The molecular formula is C22H22Cl2N2O2. The van der Waals surface area contributed by atoms with E-state index >= 15 is 0 Å². The van der Waals surface area contributed by atoms with E-state index in [1.54, 1.807) is 6.07 Å². The van der Waals surface area contributed by atoms with Crippen LogP contribution in [-0.4, -0.2) is 17.5 Å². The number of ether oxygens (including phenoxy) is 1. The average Bonchev–Trinajstić information content (AvgIpc) is 2.68. The van der Waals surface area contributed by atoms with Gasteiger partial charge in [0.1, 0.15) is 5.52 Å². The van der Waals surface area contributed by atoms with Crippen LogP contribution in [0.5, 0.6) is 5.75 Å². The molecule has 146 valence electrons. The number of halogens is 2. The molecule has 0 radical (unpaired) electrons. The van der Waals surface area contributed by atoms with Gasteiger partial charge in [-0.3, -0.25) is 4.79 Å². The van der Waals surface area contributed by atoms with Crippen LogP contribution in [0.25, 0.3) is 10.9 Å². The van der Waals surface area contributed by atoms with E-state index in [0.29, 0.717) is 21.3 Å². The normalized spacial score (nSPS) is 12.0. The van der Waals surface area contributed by atoms with Crippen molar-refractivity contribution in [3.63, 3.8) is 0 Å². The maximum atomic E-state index is 12.5. The molecule has 3 aromatic rings. The Morgan fingerprint density at radius 1 is 1.14 bits per heavy atom. The van der Waals surface area contributed by atoms with E-state index < -0.39 is 0 Å². The van der Waals surface area contributed by atoms with Gasteiger partial charge in [-0.2, -0.15) is 0 Å². The molecule has 0 aliphatic rings. The van der Waals surface area contributed by atoms with Gasteiger partial charge in [0.2, 0.25) is 0 Å². The maximum Gasteiger partial charge on any atom is 0.258 e. The Kier molecular flexibility index (Phi) is 6.76. The predicted molar refractivity (Wildman–Crippen MR) is 114 cm³/mol. The lowest BCUT2D eigenvalue weighted by atomic mass is 10.0. The van der Waals surface area contributed by atoms with Gasteiger partial charge in [0.25, 0.3) is 5.91 Å². The number of aromatic nitrogens is 1. The molecule has 0 aliphatic carbocycles. The first-order valence-corrected chi connectivity index (χ1v) is 9.97. The third-order valence-electron chi connectivity index (χ3n) is 4.44. The zero-order chi connectivity index (χ0) is 20.1. The summed E-state index contributed by atoms with van der Waals surface area (Å²) in [6.45, 7) is 3.81. The first-order valence-electron chi connectivity index (χ1n) is 9.22. The minimum atomic E-state index is -0.214. The number of fused-ring (bicyclic) bond motifs is 1. The van der Waals surface area contributed by atoms with Crippen molar-refractivity contribution in [1.29, 1.82) is 0 Å². The standard InChI is InChI=1S/C22H22Cl2N2O2/c1-3-7-19(15-8-5-4-6-9-15)26-20(27)13-28-22-18(24)12-17(23)16-11-10-14(2)25-21(16)22/h4-6,8-12,19H,3,7,13H2,1-2H3,(H,26,27)/t19-/m0/s1. The van der Waals surface area contributed by atoms with Crippen molar-refractivity contribution < 1.29 is 9.53 Å². The zero-order valence-corrected chi connectivity index (χ0v) is 17.3. The molecule has 1 N–H and O–H groups in total. The molecule has 1 heterocycles. The largest absolute Gasteiger partial charge is 0.480 e. The molecule has 0 saturated carbocycles. The number of amides is 1. The minimum Gasteiger partial charge on any atom is -0.480 e. The molecule has 28 heavy (non-hydrogen) atoms. The summed E-state index contributed by atoms with van der Waals surface area (Å²) < 4.78 is 5.77. The quantitative estimate of drug-likeness (QED) is 0.522. The highest BCUT2D eigenvalue weighted by Gasteiger charge is 2.17. The fourth-order valence-electron chi connectivity index (χ4n) is 3.10. The molecule has 3 rings (SSSR count). The van der Waals surface area contributed by atoms with Crippen LogP contribution in [0.3, 0.4) is 0 Å². The van der Waals surface area contributed by atoms with Crippen LogP contribution in [0.1, 0.15) is 37.1 Å². The van der Waals surface area contributed by atoms with Gasteiger partial charge in [-0.05, 0) is 37.1 Å². The molecule has 1 amide bonds. The highest BCUT2D eigenvalue weighted by Crippen LogP contribution is 2.37. The number of carbonyl (C=O) groups is 1. The molecule has 0 fully saturated rings. The van der Waals surface area contributed by atoms with Gasteiger partial charge in [0.15, 0.2) is 12.4 Å². The first kappa shape index (κ1) is 20.4. The van der Waals surface area contributed by atoms with E-state index in [0.717, 1.165) is 29.5 Å². The van der Waals surface area contributed by atoms with Crippen molar-refractivity contribution in [1.82, 2.24) is 10.3 Å². The summed E-state index contributed by atoms with van der Waals surface area (Å²) in [5.41, 5.74) is 2.44. The summed E-state index contributed by atoms with van der Waals surface area (Å²) in [5, 5.41) is 4.60. The van der Waals surface area contributed by atoms with Gasteiger partial charge in [0.05, 0.1) is 16.1 Å². The van der Waals surface area contributed by atoms with Crippen LogP contribution >= 0.6 is 23.2 Å². The lowest BCUT2D eigenvalue weighted by Crippen LogP contribution is -2.32. The molecule has 6 heteroatoms. The van der Waals surface area contributed by atoms with E-state index in [2.05, 4.69) is 17.2 Å². The maximum absolute atomic E-state index is 12.5. The lowest BCUT2D eigenvalue weighted by molar-refractivity contribution is -0.123. The topological polar surface area (TPSA) is 51.2 Å².